The van der Waals surface area contributed by atoms with Crippen LogP contribution in [-0.2, 0) is 5.88 Å². The smallest absolute Gasteiger partial charge is 0.137 e. The van der Waals surface area contributed by atoms with Crippen molar-refractivity contribution in [2.24, 2.45) is 0 Å². The maximum absolute atomic E-state index is 5.81. The molecule has 1 aromatic heterocycles. The minimum atomic E-state index is 0.185. The van der Waals surface area contributed by atoms with Crippen LogP contribution in [0.15, 0.2) is 24.3 Å². The molecular formula is C14H17ClN2O. The summed E-state index contributed by atoms with van der Waals surface area (Å²) in [7, 11) is 0. The summed E-state index contributed by atoms with van der Waals surface area (Å²) >= 11 is 5.81. The zero-order valence-corrected chi connectivity index (χ0v) is 11.6. The molecule has 0 radical (unpaired) electrons. The summed E-state index contributed by atoms with van der Waals surface area (Å²) in [4.78, 5) is 7.70. The Balaban J connectivity index is 2.22. The molecule has 4 heteroatoms. The molecule has 0 saturated carbocycles. The highest BCUT2D eigenvalue weighted by Gasteiger charge is 2.07. The monoisotopic (exact) mass is 264 g/mol. The number of rotatable bonds is 4. The van der Waals surface area contributed by atoms with E-state index in [1.54, 1.807) is 0 Å². The fourth-order valence-corrected chi connectivity index (χ4v) is 1.99. The lowest BCUT2D eigenvalue weighted by atomic mass is 10.2. The number of aromatic nitrogens is 2. The van der Waals surface area contributed by atoms with E-state index in [1.807, 2.05) is 45.0 Å². The van der Waals surface area contributed by atoms with Gasteiger partial charge in [-0.3, -0.25) is 0 Å². The maximum atomic E-state index is 5.81. The SMILES string of the molecule is Cc1[nH]c(-c2ccc(OC(C)C)cc2)nc1CCl. The van der Waals surface area contributed by atoms with Crippen molar-refractivity contribution in [3.8, 4) is 17.1 Å². The van der Waals surface area contributed by atoms with Crippen LogP contribution in [0, 0.1) is 6.92 Å². The van der Waals surface area contributed by atoms with E-state index in [0.717, 1.165) is 28.5 Å². The quantitative estimate of drug-likeness (QED) is 0.850. The molecular weight excluding hydrogens is 248 g/mol. The first-order chi connectivity index (χ1) is 8.60. The van der Waals surface area contributed by atoms with Crippen LogP contribution in [-0.4, -0.2) is 16.1 Å². The highest BCUT2D eigenvalue weighted by Crippen LogP contribution is 2.22. The maximum Gasteiger partial charge on any atom is 0.137 e. The van der Waals surface area contributed by atoms with Gasteiger partial charge in [-0.05, 0) is 45.0 Å². The first-order valence-corrected chi connectivity index (χ1v) is 6.52. The van der Waals surface area contributed by atoms with Crippen molar-refractivity contribution in [2.75, 3.05) is 0 Å². The fraction of sp³-hybridized carbons (Fsp3) is 0.357. The van der Waals surface area contributed by atoms with E-state index in [9.17, 15) is 0 Å². The van der Waals surface area contributed by atoms with Crippen LogP contribution < -0.4 is 4.74 Å². The first-order valence-electron chi connectivity index (χ1n) is 5.98. The van der Waals surface area contributed by atoms with Gasteiger partial charge in [0.1, 0.15) is 11.6 Å². The predicted molar refractivity (Wildman–Crippen MR) is 74.1 cm³/mol. The standard InChI is InChI=1S/C14H17ClN2O/c1-9(2)18-12-6-4-11(5-7-12)14-16-10(3)13(8-15)17-14/h4-7,9H,8H2,1-3H3,(H,16,17). The number of benzene rings is 1. The van der Waals surface area contributed by atoms with Crippen molar-refractivity contribution in [3.05, 3.63) is 35.7 Å². The van der Waals surface area contributed by atoms with Crippen molar-refractivity contribution in [3.63, 3.8) is 0 Å². The molecule has 1 aromatic carbocycles. The van der Waals surface area contributed by atoms with E-state index >= 15 is 0 Å². The number of nitrogens with zero attached hydrogens (tertiary/aromatic N) is 1. The molecule has 0 spiro atoms. The lowest BCUT2D eigenvalue weighted by molar-refractivity contribution is 0.242. The summed E-state index contributed by atoms with van der Waals surface area (Å²) < 4.78 is 5.60. The van der Waals surface area contributed by atoms with Crippen LogP contribution in [0.4, 0.5) is 0 Å². The molecule has 0 amide bonds. The zero-order valence-electron chi connectivity index (χ0n) is 10.8. The van der Waals surface area contributed by atoms with E-state index in [4.69, 9.17) is 16.3 Å². The van der Waals surface area contributed by atoms with E-state index in [1.165, 1.54) is 0 Å². The molecule has 0 atom stereocenters. The lowest BCUT2D eigenvalue weighted by Gasteiger charge is -2.09. The van der Waals surface area contributed by atoms with Crippen LogP contribution >= 0.6 is 11.6 Å². The highest BCUT2D eigenvalue weighted by molar-refractivity contribution is 6.17. The predicted octanol–water partition coefficient (Wildman–Crippen LogP) is 3.91. The second kappa shape index (κ2) is 5.44. The van der Waals surface area contributed by atoms with Crippen molar-refractivity contribution >= 4 is 11.6 Å². The molecule has 0 saturated heterocycles. The van der Waals surface area contributed by atoms with Gasteiger partial charge in [-0.1, -0.05) is 0 Å². The normalized spacial score (nSPS) is 10.9. The van der Waals surface area contributed by atoms with E-state index in [-0.39, 0.29) is 6.10 Å². The number of ether oxygens (including phenoxy) is 1. The molecule has 2 aromatic rings. The Morgan fingerprint density at radius 1 is 1.28 bits per heavy atom. The summed E-state index contributed by atoms with van der Waals surface area (Å²) in [6.45, 7) is 6.00. The van der Waals surface area contributed by atoms with Gasteiger partial charge in [0.25, 0.3) is 0 Å². The fourth-order valence-electron chi connectivity index (χ4n) is 1.73. The third-order valence-corrected chi connectivity index (χ3v) is 2.86. The van der Waals surface area contributed by atoms with Crippen molar-refractivity contribution in [1.29, 1.82) is 0 Å². The van der Waals surface area contributed by atoms with Crippen LogP contribution in [0.1, 0.15) is 25.2 Å². The number of hydrogen-bond donors (Lipinski definition) is 1. The van der Waals surface area contributed by atoms with Gasteiger partial charge in [-0.2, -0.15) is 0 Å². The molecule has 0 bridgehead atoms. The average Bonchev–Trinajstić information content (AvgIpc) is 2.71. The first kappa shape index (κ1) is 13.0. The van der Waals surface area contributed by atoms with Crippen molar-refractivity contribution in [1.82, 2.24) is 9.97 Å². The Morgan fingerprint density at radius 2 is 1.94 bits per heavy atom. The van der Waals surface area contributed by atoms with Crippen LogP contribution in [0.2, 0.25) is 0 Å². The molecule has 1 N–H and O–H groups in total. The van der Waals surface area contributed by atoms with Crippen LogP contribution in [0.3, 0.4) is 0 Å². The lowest BCUT2D eigenvalue weighted by Crippen LogP contribution is -2.05. The van der Waals surface area contributed by atoms with E-state index < -0.39 is 0 Å². The van der Waals surface area contributed by atoms with Gasteiger partial charge in [0.15, 0.2) is 0 Å². The summed E-state index contributed by atoms with van der Waals surface area (Å²) in [5, 5.41) is 0. The van der Waals surface area contributed by atoms with Crippen LogP contribution in [0.25, 0.3) is 11.4 Å². The number of nitrogens with one attached hydrogen (secondary N) is 1. The second-order valence-electron chi connectivity index (χ2n) is 4.48. The number of H-pyrrole nitrogens is 1. The topological polar surface area (TPSA) is 37.9 Å². The minimum Gasteiger partial charge on any atom is -0.491 e. The third-order valence-electron chi connectivity index (χ3n) is 2.61. The Kier molecular flexibility index (Phi) is 3.92. The Morgan fingerprint density at radius 3 is 2.44 bits per heavy atom. The van der Waals surface area contributed by atoms with Gasteiger partial charge < -0.3 is 9.72 Å². The Hall–Kier alpha value is -1.48. The zero-order chi connectivity index (χ0) is 13.1. The summed E-state index contributed by atoms with van der Waals surface area (Å²) in [5.74, 6) is 2.14. The van der Waals surface area contributed by atoms with Crippen LogP contribution in [0.5, 0.6) is 5.75 Å². The van der Waals surface area contributed by atoms with Gasteiger partial charge in [0.2, 0.25) is 0 Å². The molecule has 0 aliphatic rings. The molecule has 96 valence electrons. The number of aromatic amines is 1. The molecule has 0 fully saturated rings. The minimum absolute atomic E-state index is 0.185. The average molecular weight is 265 g/mol. The second-order valence-corrected chi connectivity index (χ2v) is 4.75. The molecule has 2 rings (SSSR count). The largest absolute Gasteiger partial charge is 0.491 e. The van der Waals surface area contributed by atoms with E-state index in [0.29, 0.717) is 5.88 Å². The molecule has 18 heavy (non-hydrogen) atoms. The number of halogens is 1. The van der Waals surface area contributed by atoms with Crippen molar-refractivity contribution in [2.45, 2.75) is 32.8 Å². The summed E-state index contributed by atoms with van der Waals surface area (Å²) in [5.41, 5.74) is 2.95. The number of hydrogen-bond acceptors (Lipinski definition) is 2. The third kappa shape index (κ3) is 2.85. The Bertz CT molecular complexity index is 517. The van der Waals surface area contributed by atoms with E-state index in [2.05, 4.69) is 9.97 Å². The van der Waals surface area contributed by atoms with Crippen molar-refractivity contribution < 1.29 is 4.74 Å². The Labute approximate surface area is 112 Å². The van der Waals surface area contributed by atoms with Gasteiger partial charge in [0, 0.05) is 11.3 Å². The van der Waals surface area contributed by atoms with Gasteiger partial charge in [0.05, 0.1) is 17.7 Å². The number of imidazole rings is 1. The number of aryl methyl sites for hydroxylation is 1. The molecule has 1 heterocycles. The van der Waals surface area contributed by atoms with Gasteiger partial charge in [-0.15, -0.1) is 11.6 Å². The summed E-state index contributed by atoms with van der Waals surface area (Å²) in [6, 6.07) is 7.89. The number of alkyl halides is 1. The summed E-state index contributed by atoms with van der Waals surface area (Å²) in [6.07, 6.45) is 0.185. The molecule has 0 aliphatic carbocycles. The van der Waals surface area contributed by atoms with Gasteiger partial charge >= 0.3 is 0 Å². The molecule has 3 nitrogen and oxygen atoms in total. The van der Waals surface area contributed by atoms with Gasteiger partial charge in [-0.25, -0.2) is 4.98 Å². The molecule has 0 aliphatic heterocycles. The highest BCUT2D eigenvalue weighted by atomic mass is 35.5. The molecule has 0 unspecified atom stereocenters.